The Morgan fingerprint density at radius 2 is 2.13 bits per heavy atom. The van der Waals surface area contributed by atoms with Gasteiger partial charge in [0.2, 0.25) is 0 Å². The van der Waals surface area contributed by atoms with E-state index in [1.807, 2.05) is 0 Å². The van der Waals surface area contributed by atoms with Crippen molar-refractivity contribution in [1.82, 2.24) is 15.5 Å². The summed E-state index contributed by atoms with van der Waals surface area (Å²) in [5, 5.41) is 18.8. The zero-order valence-electron chi connectivity index (χ0n) is 12.6. The summed E-state index contributed by atoms with van der Waals surface area (Å²) in [4.78, 5) is 23.5. The number of carbonyl (C=O) groups excluding carboxylic acids is 1. The highest BCUT2D eigenvalue weighted by atomic mass is 35.5. The molecule has 7 nitrogen and oxygen atoms in total. The Balaban J connectivity index is 2.22. The Labute approximate surface area is 137 Å². The molecule has 3 N–H and O–H groups in total. The van der Waals surface area contributed by atoms with E-state index in [-0.39, 0.29) is 12.3 Å². The molecule has 1 aromatic heterocycles. The van der Waals surface area contributed by atoms with Gasteiger partial charge in [0.25, 0.3) is 5.91 Å². The number of H-pyrrole nitrogens is 1. The number of hydrogen-bond donors (Lipinski definition) is 3. The molecule has 0 saturated carbocycles. The van der Waals surface area contributed by atoms with Crippen LogP contribution in [0.1, 0.15) is 17.4 Å². The number of aromatic nitrogens is 2. The van der Waals surface area contributed by atoms with Gasteiger partial charge in [0, 0.05) is 12.7 Å². The minimum Gasteiger partial charge on any atom is -0.479 e. The van der Waals surface area contributed by atoms with Crippen LogP contribution in [0, 0.1) is 0 Å². The number of aliphatic carboxylic acids is 1. The van der Waals surface area contributed by atoms with E-state index in [0.29, 0.717) is 16.3 Å². The minimum absolute atomic E-state index is 0.128. The number of nitrogens with zero attached hydrogens (tertiary/aromatic N) is 1. The molecule has 1 atom stereocenters. The number of hydrogen-bond acceptors (Lipinski definition) is 4. The molecule has 1 heterocycles. The topological polar surface area (TPSA) is 104 Å². The van der Waals surface area contributed by atoms with E-state index >= 15 is 0 Å². The fourth-order valence-electron chi connectivity index (χ4n) is 2.00. The molecule has 0 spiro atoms. The third kappa shape index (κ3) is 3.69. The quantitative estimate of drug-likeness (QED) is 0.747. The normalized spacial score (nSPS) is 13.3. The molecule has 0 aliphatic heterocycles. The van der Waals surface area contributed by atoms with Crippen LogP contribution in [0.4, 0.5) is 0 Å². The predicted molar refractivity (Wildman–Crippen MR) is 84.4 cm³/mol. The van der Waals surface area contributed by atoms with Gasteiger partial charge < -0.3 is 15.2 Å². The summed E-state index contributed by atoms with van der Waals surface area (Å²) in [7, 11) is 1.36. The molecule has 1 amide bonds. The van der Waals surface area contributed by atoms with Crippen molar-refractivity contribution < 1.29 is 19.4 Å². The van der Waals surface area contributed by atoms with Crippen molar-refractivity contribution in [2.45, 2.75) is 12.5 Å². The van der Waals surface area contributed by atoms with E-state index in [9.17, 15) is 14.7 Å². The van der Waals surface area contributed by atoms with Gasteiger partial charge in [0.15, 0.2) is 5.54 Å². The number of nitrogens with one attached hydrogen (secondary N) is 2. The van der Waals surface area contributed by atoms with Crippen molar-refractivity contribution >= 4 is 23.5 Å². The Morgan fingerprint density at radius 1 is 1.43 bits per heavy atom. The molecule has 0 fully saturated rings. The van der Waals surface area contributed by atoms with E-state index in [0.717, 1.165) is 0 Å². The first-order valence-electron chi connectivity index (χ1n) is 6.72. The van der Waals surface area contributed by atoms with Gasteiger partial charge in [-0.15, -0.1) is 0 Å². The molecule has 0 bridgehead atoms. The SMILES string of the molecule is COCC(C)(NC(=O)c1cc(-c2ccccc2Cl)n[nH]1)C(=O)O. The number of carbonyl (C=O) groups is 2. The van der Waals surface area contributed by atoms with Crippen LogP contribution in [0.25, 0.3) is 11.3 Å². The molecule has 2 rings (SSSR count). The smallest absolute Gasteiger partial charge is 0.331 e. The summed E-state index contributed by atoms with van der Waals surface area (Å²) in [6.45, 7) is 1.20. The summed E-state index contributed by atoms with van der Waals surface area (Å²) in [6.07, 6.45) is 0. The van der Waals surface area contributed by atoms with Crippen molar-refractivity contribution in [2.75, 3.05) is 13.7 Å². The maximum Gasteiger partial charge on any atom is 0.331 e. The summed E-state index contributed by atoms with van der Waals surface area (Å²) in [6, 6.07) is 8.58. The molecule has 1 aromatic carbocycles. The number of amides is 1. The number of rotatable bonds is 6. The molecule has 8 heteroatoms. The molecule has 0 radical (unpaired) electrons. The predicted octanol–water partition coefficient (Wildman–Crippen LogP) is 1.95. The fraction of sp³-hybridized carbons (Fsp3) is 0.267. The highest BCUT2D eigenvalue weighted by molar-refractivity contribution is 6.33. The number of halogens is 1. The maximum atomic E-state index is 12.2. The Hall–Kier alpha value is -2.38. The summed E-state index contributed by atoms with van der Waals surface area (Å²) in [5.41, 5.74) is -0.253. The minimum atomic E-state index is -1.54. The van der Waals surface area contributed by atoms with Gasteiger partial charge in [-0.2, -0.15) is 5.10 Å². The first kappa shape index (κ1) is 17.0. The third-order valence-electron chi connectivity index (χ3n) is 3.27. The first-order chi connectivity index (χ1) is 10.9. The molecule has 2 aromatic rings. The molecular weight excluding hydrogens is 322 g/mol. The number of carboxylic acids is 1. The van der Waals surface area contributed by atoms with Crippen LogP contribution in [0.2, 0.25) is 5.02 Å². The van der Waals surface area contributed by atoms with Crippen molar-refractivity contribution in [3.8, 4) is 11.3 Å². The van der Waals surface area contributed by atoms with Gasteiger partial charge in [-0.25, -0.2) is 4.79 Å². The maximum absolute atomic E-state index is 12.2. The lowest BCUT2D eigenvalue weighted by molar-refractivity contribution is -0.145. The second-order valence-electron chi connectivity index (χ2n) is 5.17. The van der Waals surface area contributed by atoms with Gasteiger partial charge in [0.1, 0.15) is 5.69 Å². The van der Waals surface area contributed by atoms with Gasteiger partial charge in [-0.3, -0.25) is 9.89 Å². The zero-order valence-corrected chi connectivity index (χ0v) is 13.3. The first-order valence-corrected chi connectivity index (χ1v) is 7.10. The second kappa shape index (κ2) is 6.80. The molecule has 1 unspecified atom stereocenters. The summed E-state index contributed by atoms with van der Waals surface area (Å²) in [5.74, 6) is -1.80. The lowest BCUT2D eigenvalue weighted by Gasteiger charge is -2.24. The van der Waals surface area contributed by atoms with Gasteiger partial charge in [-0.1, -0.05) is 29.8 Å². The lowest BCUT2D eigenvalue weighted by Crippen LogP contribution is -2.55. The Kier molecular flexibility index (Phi) is 5.02. The number of ether oxygens (including phenoxy) is 1. The Bertz CT molecular complexity index is 731. The van der Waals surface area contributed by atoms with Crippen molar-refractivity contribution in [3.05, 3.63) is 41.0 Å². The largest absolute Gasteiger partial charge is 0.479 e. The van der Waals surface area contributed by atoms with Crippen LogP contribution in [0.3, 0.4) is 0 Å². The molecule has 0 aliphatic carbocycles. The zero-order chi connectivity index (χ0) is 17.0. The van der Waals surface area contributed by atoms with Crippen molar-refractivity contribution in [2.24, 2.45) is 0 Å². The van der Waals surface area contributed by atoms with E-state index in [1.54, 1.807) is 24.3 Å². The van der Waals surface area contributed by atoms with E-state index in [2.05, 4.69) is 15.5 Å². The standard InChI is InChI=1S/C15H16ClN3O4/c1-15(8-23-2,14(21)22)17-13(20)12-7-11(18-19-12)9-5-3-4-6-10(9)16/h3-7H,8H2,1-2H3,(H,17,20)(H,18,19)(H,21,22). The van der Waals surface area contributed by atoms with E-state index < -0.39 is 17.4 Å². The second-order valence-corrected chi connectivity index (χ2v) is 5.58. The molecule has 0 aliphatic rings. The van der Waals surface area contributed by atoms with Gasteiger partial charge in [0.05, 0.1) is 17.3 Å². The number of aromatic amines is 1. The van der Waals surface area contributed by atoms with Crippen LogP contribution in [0.15, 0.2) is 30.3 Å². The fourth-order valence-corrected chi connectivity index (χ4v) is 2.24. The van der Waals surface area contributed by atoms with Crippen molar-refractivity contribution in [1.29, 1.82) is 0 Å². The average molecular weight is 338 g/mol. The average Bonchev–Trinajstić information content (AvgIpc) is 2.97. The number of methoxy groups -OCH3 is 1. The van der Waals surface area contributed by atoms with Gasteiger partial charge in [-0.05, 0) is 19.1 Å². The summed E-state index contributed by atoms with van der Waals surface area (Å²) >= 11 is 6.09. The lowest BCUT2D eigenvalue weighted by atomic mass is 10.0. The van der Waals surface area contributed by atoms with Crippen LogP contribution in [-0.2, 0) is 9.53 Å². The molecule has 122 valence electrons. The van der Waals surface area contributed by atoms with Crippen LogP contribution >= 0.6 is 11.6 Å². The molecule has 23 heavy (non-hydrogen) atoms. The third-order valence-corrected chi connectivity index (χ3v) is 3.60. The number of benzene rings is 1. The molecular formula is C15H16ClN3O4. The Morgan fingerprint density at radius 3 is 2.74 bits per heavy atom. The van der Waals surface area contributed by atoms with Crippen molar-refractivity contribution in [3.63, 3.8) is 0 Å². The van der Waals surface area contributed by atoms with E-state index in [1.165, 1.54) is 20.1 Å². The van der Waals surface area contributed by atoms with Gasteiger partial charge >= 0.3 is 5.97 Å². The summed E-state index contributed by atoms with van der Waals surface area (Å²) < 4.78 is 4.86. The highest BCUT2D eigenvalue weighted by Gasteiger charge is 2.35. The van der Waals surface area contributed by atoms with Crippen LogP contribution < -0.4 is 5.32 Å². The van der Waals surface area contributed by atoms with Crippen LogP contribution in [-0.4, -0.2) is 46.4 Å². The van der Waals surface area contributed by atoms with E-state index in [4.69, 9.17) is 16.3 Å². The number of carboxylic acid groups (broad SMARTS) is 1. The van der Waals surface area contributed by atoms with Crippen LogP contribution in [0.5, 0.6) is 0 Å². The highest BCUT2D eigenvalue weighted by Crippen LogP contribution is 2.26. The molecule has 0 saturated heterocycles. The monoisotopic (exact) mass is 337 g/mol.